The molecule has 0 N–H and O–H groups in total. The minimum Gasteiger partial charge on any atom is -0.353 e. The van der Waals surface area contributed by atoms with Gasteiger partial charge in [0.1, 0.15) is 5.82 Å². The number of benzene rings is 3. The molecule has 1 saturated heterocycles. The van der Waals surface area contributed by atoms with Gasteiger partial charge in [-0.15, -0.1) is 0 Å². The van der Waals surface area contributed by atoms with Crippen LogP contribution >= 0.6 is 11.5 Å². The number of aromatic nitrogens is 1. The number of piperazine rings is 1. The zero-order valence-electron chi connectivity index (χ0n) is 20.1. The SMILES string of the molecule is Cc1ccc(S(=O)(=O)N(C)c2ccccc2CCN2CCN(c3nsc4ccccc34)CC2)cc1. The average molecular weight is 507 g/mol. The molecule has 4 aromatic rings. The molecule has 0 radical (unpaired) electrons. The Balaban J connectivity index is 1.24. The molecule has 8 heteroatoms. The van der Waals surface area contributed by atoms with Crippen molar-refractivity contribution >= 4 is 43.1 Å². The fraction of sp³-hybridized carbons (Fsp3) is 0.296. The number of nitrogens with zero attached hydrogens (tertiary/aromatic N) is 4. The molecule has 0 saturated carbocycles. The summed E-state index contributed by atoms with van der Waals surface area (Å²) in [6.07, 6.45) is 0.795. The van der Waals surface area contributed by atoms with Crippen LogP contribution in [0.1, 0.15) is 11.1 Å². The number of hydrogen-bond donors (Lipinski definition) is 0. The van der Waals surface area contributed by atoms with Crippen molar-refractivity contribution in [2.75, 3.05) is 49.0 Å². The molecule has 1 aliphatic rings. The zero-order chi connectivity index (χ0) is 24.4. The molecule has 1 aliphatic heterocycles. The molecular formula is C27H30N4O2S2. The maximum atomic E-state index is 13.2. The van der Waals surface area contributed by atoms with Gasteiger partial charge in [0.05, 0.1) is 15.3 Å². The van der Waals surface area contributed by atoms with Crippen LogP contribution in [0.3, 0.4) is 0 Å². The molecule has 0 unspecified atom stereocenters. The summed E-state index contributed by atoms with van der Waals surface area (Å²) in [5.74, 6) is 1.10. The van der Waals surface area contributed by atoms with Gasteiger partial charge in [-0.05, 0) is 60.8 Å². The van der Waals surface area contributed by atoms with Gasteiger partial charge >= 0.3 is 0 Å². The van der Waals surface area contributed by atoms with Gasteiger partial charge in [0.25, 0.3) is 10.0 Å². The highest BCUT2D eigenvalue weighted by molar-refractivity contribution is 7.92. The maximum absolute atomic E-state index is 13.2. The predicted octanol–water partition coefficient (Wildman–Crippen LogP) is 4.79. The predicted molar refractivity (Wildman–Crippen MR) is 145 cm³/mol. The largest absolute Gasteiger partial charge is 0.353 e. The first-order chi connectivity index (χ1) is 16.9. The summed E-state index contributed by atoms with van der Waals surface area (Å²) in [6.45, 7) is 6.65. The molecule has 1 aromatic heterocycles. The Labute approximate surface area is 211 Å². The first-order valence-electron chi connectivity index (χ1n) is 11.9. The Morgan fingerprint density at radius 3 is 2.37 bits per heavy atom. The van der Waals surface area contributed by atoms with Crippen LogP contribution in [0.2, 0.25) is 0 Å². The van der Waals surface area contributed by atoms with Gasteiger partial charge in [-0.25, -0.2) is 8.42 Å². The topological polar surface area (TPSA) is 56.8 Å². The summed E-state index contributed by atoms with van der Waals surface area (Å²) in [5, 5.41) is 1.23. The number of rotatable bonds is 7. The fourth-order valence-corrected chi connectivity index (χ4v) is 6.62. The smallest absolute Gasteiger partial charge is 0.264 e. The van der Waals surface area contributed by atoms with Gasteiger partial charge in [0.15, 0.2) is 0 Å². The van der Waals surface area contributed by atoms with Crippen molar-refractivity contribution in [2.24, 2.45) is 0 Å². The Kier molecular flexibility index (Phi) is 6.77. The summed E-state index contributed by atoms with van der Waals surface area (Å²) in [6, 6.07) is 23.2. The van der Waals surface area contributed by atoms with Crippen molar-refractivity contribution in [3.05, 3.63) is 83.9 Å². The maximum Gasteiger partial charge on any atom is 0.264 e. The minimum atomic E-state index is -3.62. The summed E-state index contributed by atoms with van der Waals surface area (Å²) in [4.78, 5) is 5.15. The monoisotopic (exact) mass is 506 g/mol. The van der Waals surface area contributed by atoms with E-state index in [9.17, 15) is 8.42 Å². The molecule has 0 spiro atoms. The number of anilines is 2. The standard InChI is InChI=1S/C27H30N4O2S2/c1-21-11-13-23(14-12-21)35(32,33)29(2)25-9-5-3-7-22(25)15-16-30-17-19-31(20-18-30)27-24-8-4-6-10-26(24)34-28-27/h3-14H,15-20H2,1-2H3. The van der Waals surface area contributed by atoms with E-state index in [1.54, 1.807) is 30.7 Å². The van der Waals surface area contributed by atoms with Crippen molar-refractivity contribution < 1.29 is 8.42 Å². The fourth-order valence-electron chi connectivity index (χ4n) is 4.59. The van der Waals surface area contributed by atoms with Crippen molar-refractivity contribution in [3.63, 3.8) is 0 Å². The Hall–Kier alpha value is -2.94. The van der Waals surface area contributed by atoms with E-state index >= 15 is 0 Å². The average Bonchev–Trinajstić information content (AvgIpc) is 3.32. The van der Waals surface area contributed by atoms with Gasteiger partial charge in [-0.1, -0.05) is 48.0 Å². The highest BCUT2D eigenvalue weighted by Gasteiger charge is 2.24. The van der Waals surface area contributed by atoms with Gasteiger partial charge < -0.3 is 4.90 Å². The van der Waals surface area contributed by atoms with E-state index in [4.69, 9.17) is 4.37 Å². The summed E-state index contributed by atoms with van der Waals surface area (Å²) < 4.78 is 33.8. The van der Waals surface area contributed by atoms with Gasteiger partial charge in [-0.2, -0.15) is 4.37 Å². The van der Waals surface area contributed by atoms with Crippen LogP contribution in [0.5, 0.6) is 0 Å². The number of fused-ring (bicyclic) bond motifs is 1. The molecule has 3 aromatic carbocycles. The number of para-hydroxylation sites is 1. The Morgan fingerprint density at radius 1 is 0.914 bits per heavy atom. The molecular weight excluding hydrogens is 476 g/mol. The van der Waals surface area contributed by atoms with E-state index in [0.29, 0.717) is 4.90 Å². The lowest BCUT2D eigenvalue weighted by Crippen LogP contribution is -2.47. The van der Waals surface area contributed by atoms with Crippen LogP contribution in [0.4, 0.5) is 11.5 Å². The first kappa shape index (κ1) is 23.8. The van der Waals surface area contributed by atoms with Crippen LogP contribution in [0, 0.1) is 6.92 Å². The summed E-state index contributed by atoms with van der Waals surface area (Å²) in [5.41, 5.74) is 2.81. The van der Waals surface area contributed by atoms with Crippen molar-refractivity contribution in [1.29, 1.82) is 0 Å². The molecule has 0 amide bonds. The van der Waals surface area contributed by atoms with E-state index in [-0.39, 0.29) is 0 Å². The second kappa shape index (κ2) is 9.97. The van der Waals surface area contributed by atoms with E-state index in [1.165, 1.54) is 14.4 Å². The lowest BCUT2D eigenvalue weighted by Gasteiger charge is -2.35. The molecule has 0 atom stereocenters. The lowest BCUT2D eigenvalue weighted by molar-refractivity contribution is 0.261. The zero-order valence-corrected chi connectivity index (χ0v) is 21.7. The molecule has 2 heterocycles. The van der Waals surface area contributed by atoms with Crippen molar-refractivity contribution in [3.8, 4) is 0 Å². The molecule has 1 fully saturated rings. The van der Waals surface area contributed by atoms with Crippen LogP contribution in [0.15, 0.2) is 77.7 Å². The highest BCUT2D eigenvalue weighted by atomic mass is 32.2. The third kappa shape index (κ3) is 4.91. The Morgan fingerprint density at radius 2 is 1.60 bits per heavy atom. The van der Waals surface area contributed by atoms with Crippen molar-refractivity contribution in [2.45, 2.75) is 18.2 Å². The number of aryl methyl sites for hydroxylation is 1. The van der Waals surface area contributed by atoms with E-state index in [0.717, 1.165) is 61.8 Å². The number of sulfonamides is 1. The first-order valence-corrected chi connectivity index (χ1v) is 14.1. The number of hydrogen-bond acceptors (Lipinski definition) is 6. The molecule has 35 heavy (non-hydrogen) atoms. The quantitative estimate of drug-likeness (QED) is 0.361. The van der Waals surface area contributed by atoms with Crippen LogP contribution in [0.25, 0.3) is 10.1 Å². The second-order valence-corrected chi connectivity index (χ2v) is 11.8. The van der Waals surface area contributed by atoms with E-state index in [2.05, 4.69) is 34.1 Å². The van der Waals surface area contributed by atoms with Gasteiger partial charge in [-0.3, -0.25) is 9.21 Å². The normalized spacial score (nSPS) is 15.0. The lowest BCUT2D eigenvalue weighted by atomic mass is 10.1. The molecule has 6 nitrogen and oxygen atoms in total. The van der Waals surface area contributed by atoms with Crippen molar-refractivity contribution in [1.82, 2.24) is 9.27 Å². The highest BCUT2D eigenvalue weighted by Crippen LogP contribution is 2.30. The van der Waals surface area contributed by atoms with Crippen LogP contribution < -0.4 is 9.21 Å². The third-order valence-electron chi connectivity index (χ3n) is 6.74. The molecule has 182 valence electrons. The van der Waals surface area contributed by atoms with E-state index in [1.807, 2.05) is 43.3 Å². The van der Waals surface area contributed by atoms with Gasteiger partial charge in [0, 0.05) is 45.2 Å². The summed E-state index contributed by atoms with van der Waals surface area (Å²) >= 11 is 1.56. The minimum absolute atomic E-state index is 0.311. The molecule has 0 aliphatic carbocycles. The second-order valence-electron chi connectivity index (χ2n) is 9.00. The van der Waals surface area contributed by atoms with Crippen LogP contribution in [-0.4, -0.2) is 57.5 Å². The van der Waals surface area contributed by atoms with E-state index < -0.39 is 10.0 Å². The molecule has 5 rings (SSSR count). The Bertz CT molecular complexity index is 1410. The third-order valence-corrected chi connectivity index (χ3v) is 9.34. The van der Waals surface area contributed by atoms with Gasteiger partial charge in [0.2, 0.25) is 0 Å². The molecule has 0 bridgehead atoms. The van der Waals surface area contributed by atoms with Crippen LogP contribution in [-0.2, 0) is 16.4 Å². The summed E-state index contributed by atoms with van der Waals surface area (Å²) in [7, 11) is -1.97.